The zero-order valence-electron chi connectivity index (χ0n) is 11.9. The quantitative estimate of drug-likeness (QED) is 0.379. The summed E-state index contributed by atoms with van der Waals surface area (Å²) in [5.74, 6) is -0.575. The number of carbonyl (C=O) groups is 2. The number of nitrogens with one attached hydrogen (secondary N) is 1. The summed E-state index contributed by atoms with van der Waals surface area (Å²) in [7, 11) is 0. The number of hydrogen-bond acceptors (Lipinski definition) is 5. The number of carbonyl (C=O) groups excluding carboxylic acids is 2. The minimum Gasteiger partial charge on any atom is -0.427 e. The molecule has 0 saturated carbocycles. The zero-order chi connectivity index (χ0) is 17.0. The molecular weight excluding hydrogens is 368 g/mol. The molecule has 23 heavy (non-hydrogen) atoms. The van der Waals surface area contributed by atoms with Crippen molar-refractivity contribution in [1.82, 2.24) is 0 Å². The number of amides is 1. The number of nitrogens with zero attached hydrogens (tertiary/aromatic N) is 1. The van der Waals surface area contributed by atoms with Gasteiger partial charge in [-0.2, -0.15) is 0 Å². The van der Waals surface area contributed by atoms with Crippen LogP contribution < -0.4 is 10.1 Å². The predicted octanol–water partition coefficient (Wildman–Crippen LogP) is 3.53. The molecule has 8 heteroatoms. The summed E-state index contributed by atoms with van der Waals surface area (Å²) in [6.45, 7) is 1.28. The SMILES string of the molecule is CC(=O)Oc1ccc(C(=O)Nc2cc([N+](=O)[O-])ccc2Br)cc1. The van der Waals surface area contributed by atoms with Crippen molar-refractivity contribution in [3.8, 4) is 5.75 Å². The highest BCUT2D eigenvalue weighted by atomic mass is 79.9. The van der Waals surface area contributed by atoms with Gasteiger partial charge in [0.25, 0.3) is 11.6 Å². The van der Waals surface area contributed by atoms with Gasteiger partial charge in [-0.3, -0.25) is 19.7 Å². The third kappa shape index (κ3) is 4.36. The smallest absolute Gasteiger partial charge is 0.308 e. The van der Waals surface area contributed by atoms with E-state index in [1.165, 1.54) is 49.4 Å². The van der Waals surface area contributed by atoms with Gasteiger partial charge in [0, 0.05) is 29.1 Å². The topological polar surface area (TPSA) is 98.5 Å². The van der Waals surface area contributed by atoms with Crippen molar-refractivity contribution in [3.05, 3.63) is 62.6 Å². The van der Waals surface area contributed by atoms with Crippen LogP contribution >= 0.6 is 15.9 Å². The fraction of sp³-hybridized carbons (Fsp3) is 0.0667. The van der Waals surface area contributed by atoms with E-state index in [1.807, 2.05) is 0 Å². The predicted molar refractivity (Wildman–Crippen MR) is 86.5 cm³/mol. The number of rotatable bonds is 4. The van der Waals surface area contributed by atoms with E-state index in [9.17, 15) is 19.7 Å². The van der Waals surface area contributed by atoms with Crippen molar-refractivity contribution in [2.24, 2.45) is 0 Å². The number of non-ortho nitro benzene ring substituents is 1. The fourth-order valence-electron chi connectivity index (χ4n) is 1.76. The van der Waals surface area contributed by atoms with E-state index in [-0.39, 0.29) is 11.4 Å². The van der Waals surface area contributed by atoms with Crippen LogP contribution in [0.3, 0.4) is 0 Å². The maximum absolute atomic E-state index is 12.2. The minimum atomic E-state index is -0.546. The highest BCUT2D eigenvalue weighted by Crippen LogP contribution is 2.27. The first-order valence-corrected chi connectivity index (χ1v) is 7.20. The zero-order valence-corrected chi connectivity index (χ0v) is 13.5. The summed E-state index contributed by atoms with van der Waals surface area (Å²) in [6.07, 6.45) is 0. The van der Waals surface area contributed by atoms with Crippen LogP contribution in [0.15, 0.2) is 46.9 Å². The van der Waals surface area contributed by atoms with Crippen LogP contribution in [-0.4, -0.2) is 16.8 Å². The fourth-order valence-corrected chi connectivity index (χ4v) is 2.10. The lowest BCUT2D eigenvalue weighted by Gasteiger charge is -2.08. The van der Waals surface area contributed by atoms with Gasteiger partial charge in [0.1, 0.15) is 5.75 Å². The average molecular weight is 379 g/mol. The molecule has 2 aromatic rings. The molecule has 0 heterocycles. The molecular formula is C15H11BrN2O5. The van der Waals surface area contributed by atoms with Gasteiger partial charge in [-0.1, -0.05) is 0 Å². The molecule has 0 aromatic heterocycles. The Morgan fingerprint density at radius 2 is 1.83 bits per heavy atom. The van der Waals surface area contributed by atoms with Crippen molar-refractivity contribution >= 4 is 39.2 Å². The lowest BCUT2D eigenvalue weighted by Crippen LogP contribution is -2.12. The number of nitro benzene ring substituents is 1. The maximum atomic E-state index is 12.2. The normalized spacial score (nSPS) is 10.0. The molecule has 0 atom stereocenters. The Morgan fingerprint density at radius 1 is 1.17 bits per heavy atom. The molecule has 2 rings (SSSR count). The third-order valence-corrected chi connectivity index (χ3v) is 3.48. The maximum Gasteiger partial charge on any atom is 0.308 e. The standard InChI is InChI=1S/C15H11BrN2O5/c1-9(19)23-12-5-2-10(3-6-12)15(20)17-14-8-11(18(21)22)4-7-13(14)16/h2-8H,1H3,(H,17,20). The van der Waals surface area contributed by atoms with Crippen LogP contribution in [0.1, 0.15) is 17.3 Å². The summed E-state index contributed by atoms with van der Waals surface area (Å²) >= 11 is 3.22. The molecule has 0 aliphatic rings. The van der Waals surface area contributed by atoms with Gasteiger partial charge < -0.3 is 10.1 Å². The monoisotopic (exact) mass is 378 g/mol. The first-order chi connectivity index (χ1) is 10.9. The largest absolute Gasteiger partial charge is 0.427 e. The van der Waals surface area contributed by atoms with Crippen LogP contribution in [-0.2, 0) is 4.79 Å². The molecule has 0 bridgehead atoms. The van der Waals surface area contributed by atoms with E-state index in [0.717, 1.165) is 0 Å². The van der Waals surface area contributed by atoms with E-state index in [2.05, 4.69) is 21.2 Å². The van der Waals surface area contributed by atoms with Crippen LogP contribution in [0.25, 0.3) is 0 Å². The summed E-state index contributed by atoms with van der Waals surface area (Å²) in [4.78, 5) is 33.2. The number of nitro groups is 1. The Hall–Kier alpha value is -2.74. The second-order valence-electron chi connectivity index (χ2n) is 4.49. The van der Waals surface area contributed by atoms with Crippen LogP contribution in [0.5, 0.6) is 5.75 Å². The highest BCUT2D eigenvalue weighted by Gasteiger charge is 2.13. The first kappa shape index (κ1) is 16.6. The van der Waals surface area contributed by atoms with E-state index in [1.54, 1.807) is 0 Å². The molecule has 0 fully saturated rings. The third-order valence-electron chi connectivity index (χ3n) is 2.79. The molecule has 1 N–H and O–H groups in total. The number of esters is 1. The molecule has 0 unspecified atom stereocenters. The van der Waals surface area contributed by atoms with Crippen molar-refractivity contribution in [2.45, 2.75) is 6.92 Å². The Bertz CT molecular complexity index is 774. The number of anilines is 1. The molecule has 118 valence electrons. The lowest BCUT2D eigenvalue weighted by atomic mass is 10.2. The molecule has 0 radical (unpaired) electrons. The van der Waals surface area contributed by atoms with Gasteiger partial charge in [-0.15, -0.1) is 0 Å². The molecule has 0 aliphatic heterocycles. The van der Waals surface area contributed by atoms with Crippen LogP contribution in [0.2, 0.25) is 0 Å². The second-order valence-corrected chi connectivity index (χ2v) is 5.35. The molecule has 7 nitrogen and oxygen atoms in total. The molecule has 0 saturated heterocycles. The number of ether oxygens (including phenoxy) is 1. The summed E-state index contributed by atoms with van der Waals surface area (Å²) in [6, 6.07) is 10.0. The summed E-state index contributed by atoms with van der Waals surface area (Å²) in [5, 5.41) is 13.4. The number of halogens is 1. The van der Waals surface area contributed by atoms with Gasteiger partial charge >= 0.3 is 5.97 Å². The molecule has 1 amide bonds. The van der Waals surface area contributed by atoms with E-state index >= 15 is 0 Å². The van der Waals surface area contributed by atoms with Crippen molar-refractivity contribution in [3.63, 3.8) is 0 Å². The van der Waals surface area contributed by atoms with Gasteiger partial charge in [0.2, 0.25) is 0 Å². The van der Waals surface area contributed by atoms with Crippen molar-refractivity contribution in [2.75, 3.05) is 5.32 Å². The summed E-state index contributed by atoms with van der Waals surface area (Å²) < 4.78 is 5.40. The van der Waals surface area contributed by atoms with Gasteiger partial charge in [0.05, 0.1) is 10.6 Å². The van der Waals surface area contributed by atoms with Crippen LogP contribution in [0.4, 0.5) is 11.4 Å². The summed E-state index contributed by atoms with van der Waals surface area (Å²) in [5.41, 5.74) is 0.473. The molecule has 0 spiro atoms. The van der Waals surface area contributed by atoms with Gasteiger partial charge in [0.15, 0.2) is 0 Å². The Morgan fingerprint density at radius 3 is 2.39 bits per heavy atom. The first-order valence-electron chi connectivity index (χ1n) is 6.40. The Labute approximate surface area is 139 Å². The van der Waals surface area contributed by atoms with Crippen molar-refractivity contribution in [1.29, 1.82) is 0 Å². The Balaban J connectivity index is 2.17. The second kappa shape index (κ2) is 7.01. The average Bonchev–Trinajstić information content (AvgIpc) is 2.49. The highest BCUT2D eigenvalue weighted by molar-refractivity contribution is 9.10. The number of hydrogen-bond donors (Lipinski definition) is 1. The lowest BCUT2D eigenvalue weighted by molar-refractivity contribution is -0.384. The van der Waals surface area contributed by atoms with E-state index < -0.39 is 16.8 Å². The van der Waals surface area contributed by atoms with Gasteiger partial charge in [-0.25, -0.2) is 0 Å². The number of benzene rings is 2. The minimum absolute atomic E-state index is 0.131. The van der Waals surface area contributed by atoms with E-state index in [4.69, 9.17) is 4.74 Å². The van der Waals surface area contributed by atoms with E-state index in [0.29, 0.717) is 15.8 Å². The van der Waals surface area contributed by atoms with Gasteiger partial charge in [-0.05, 0) is 46.3 Å². The van der Waals surface area contributed by atoms with Crippen molar-refractivity contribution < 1.29 is 19.2 Å². The van der Waals surface area contributed by atoms with Crippen LogP contribution in [0, 0.1) is 10.1 Å². The molecule has 0 aliphatic carbocycles. The Kier molecular flexibility index (Phi) is 5.07. The molecule has 2 aromatic carbocycles.